The highest BCUT2D eigenvalue weighted by Crippen LogP contribution is 2.37. The lowest BCUT2D eigenvalue weighted by molar-refractivity contribution is 0.102. The number of benzene rings is 3. The largest absolute Gasteiger partial charge is 0.320 e. The molecule has 0 atom stereocenters. The molecular weight excluding hydrogens is 471 g/mol. The molecule has 0 bridgehead atoms. The van der Waals surface area contributed by atoms with E-state index in [0.717, 1.165) is 17.6 Å². The van der Waals surface area contributed by atoms with Crippen LogP contribution in [0.4, 0.5) is 10.1 Å². The van der Waals surface area contributed by atoms with Crippen molar-refractivity contribution in [3.05, 3.63) is 88.6 Å². The van der Waals surface area contributed by atoms with Gasteiger partial charge in [-0.15, -0.1) is 11.3 Å². The van der Waals surface area contributed by atoms with Crippen LogP contribution in [0.5, 0.6) is 0 Å². The number of halogens is 2. The molecule has 4 rings (SSSR count). The monoisotopic (exact) mass is 486 g/mol. The number of nitrogens with one attached hydrogen (secondary N) is 1. The highest BCUT2D eigenvalue weighted by Gasteiger charge is 2.20. The zero-order valence-electron chi connectivity index (χ0n) is 16.7. The van der Waals surface area contributed by atoms with E-state index in [1.807, 2.05) is 0 Å². The van der Waals surface area contributed by atoms with Gasteiger partial charge in [0.1, 0.15) is 5.82 Å². The lowest BCUT2D eigenvalue weighted by Gasteiger charge is -2.04. The molecule has 0 unspecified atom stereocenters. The third-order valence-electron chi connectivity index (χ3n) is 4.57. The fourth-order valence-electron chi connectivity index (χ4n) is 3.02. The van der Waals surface area contributed by atoms with Gasteiger partial charge in [-0.1, -0.05) is 29.8 Å². The van der Waals surface area contributed by atoms with E-state index in [1.165, 1.54) is 24.3 Å². The number of aromatic nitrogens is 1. The molecule has 0 aliphatic rings. The lowest BCUT2D eigenvalue weighted by Crippen LogP contribution is -2.11. The van der Waals surface area contributed by atoms with Crippen LogP contribution in [-0.4, -0.2) is 25.6 Å². The van der Waals surface area contributed by atoms with E-state index in [-0.39, 0.29) is 15.7 Å². The number of hydrogen-bond acceptors (Lipinski definition) is 5. The van der Waals surface area contributed by atoms with Gasteiger partial charge in [0.25, 0.3) is 5.91 Å². The number of carbonyl (C=O) groups is 1. The number of amides is 1. The van der Waals surface area contributed by atoms with E-state index in [9.17, 15) is 17.6 Å². The number of carbonyl (C=O) groups excluding carboxylic acids is 1. The Morgan fingerprint density at radius 2 is 1.66 bits per heavy atom. The molecule has 5 nitrogen and oxygen atoms in total. The summed E-state index contributed by atoms with van der Waals surface area (Å²) in [6.07, 6.45) is 1.14. The van der Waals surface area contributed by atoms with Crippen LogP contribution < -0.4 is 5.32 Å². The molecule has 0 radical (unpaired) electrons. The minimum absolute atomic E-state index is 0.188. The Morgan fingerprint density at radius 1 is 1.00 bits per heavy atom. The quantitative estimate of drug-likeness (QED) is 0.379. The maximum atomic E-state index is 13.4. The summed E-state index contributed by atoms with van der Waals surface area (Å²) in [4.78, 5) is 18.2. The topological polar surface area (TPSA) is 76.1 Å². The van der Waals surface area contributed by atoms with Gasteiger partial charge in [-0.2, -0.15) is 0 Å². The number of rotatable bonds is 5. The SMILES string of the molecule is CS(=O)(=O)c1ccc(-c2sc(C(=O)Nc3cccc(Cl)c3)nc2-c2ccc(F)cc2)cc1. The Kier molecular flexibility index (Phi) is 6.10. The first kappa shape index (κ1) is 22.1. The van der Waals surface area contributed by atoms with Crippen molar-refractivity contribution in [2.24, 2.45) is 0 Å². The molecule has 4 aromatic rings. The minimum atomic E-state index is -3.34. The lowest BCUT2D eigenvalue weighted by atomic mass is 10.1. The molecule has 3 aromatic carbocycles. The van der Waals surface area contributed by atoms with Crippen molar-refractivity contribution >= 4 is 44.4 Å². The van der Waals surface area contributed by atoms with E-state index in [0.29, 0.717) is 32.4 Å². The van der Waals surface area contributed by atoms with Crippen LogP contribution in [0, 0.1) is 5.82 Å². The average molecular weight is 487 g/mol. The van der Waals surface area contributed by atoms with Gasteiger partial charge < -0.3 is 5.32 Å². The minimum Gasteiger partial charge on any atom is -0.320 e. The Hall–Kier alpha value is -3.07. The number of thiazole rings is 1. The summed E-state index contributed by atoms with van der Waals surface area (Å²) in [5, 5.41) is 3.45. The van der Waals surface area contributed by atoms with E-state index in [1.54, 1.807) is 48.5 Å². The molecule has 0 aliphatic carbocycles. The highest BCUT2D eigenvalue weighted by molar-refractivity contribution is 7.90. The fourth-order valence-corrected chi connectivity index (χ4v) is 4.83. The first-order chi connectivity index (χ1) is 15.2. The summed E-state index contributed by atoms with van der Waals surface area (Å²) in [5.41, 5.74) is 2.35. The summed E-state index contributed by atoms with van der Waals surface area (Å²) < 4.78 is 37.0. The van der Waals surface area contributed by atoms with Crippen molar-refractivity contribution < 1.29 is 17.6 Å². The normalized spacial score (nSPS) is 11.3. The summed E-state index contributed by atoms with van der Waals surface area (Å²) >= 11 is 7.14. The fraction of sp³-hybridized carbons (Fsp3) is 0.0435. The van der Waals surface area contributed by atoms with Crippen molar-refractivity contribution in [2.75, 3.05) is 11.6 Å². The van der Waals surface area contributed by atoms with E-state index in [2.05, 4.69) is 10.3 Å². The van der Waals surface area contributed by atoms with Crippen molar-refractivity contribution in [1.29, 1.82) is 0 Å². The van der Waals surface area contributed by atoms with Crippen LogP contribution in [0.15, 0.2) is 77.7 Å². The summed E-state index contributed by atoms with van der Waals surface area (Å²) in [6.45, 7) is 0. The second kappa shape index (κ2) is 8.82. The number of sulfone groups is 1. The molecule has 0 saturated carbocycles. The average Bonchev–Trinajstić information content (AvgIpc) is 3.19. The maximum absolute atomic E-state index is 13.4. The molecule has 1 N–H and O–H groups in total. The Balaban J connectivity index is 1.76. The number of anilines is 1. The molecule has 0 spiro atoms. The number of nitrogens with zero attached hydrogens (tertiary/aromatic N) is 1. The smallest absolute Gasteiger partial charge is 0.284 e. The van der Waals surface area contributed by atoms with Crippen LogP contribution in [0.2, 0.25) is 5.02 Å². The van der Waals surface area contributed by atoms with E-state index in [4.69, 9.17) is 11.6 Å². The van der Waals surface area contributed by atoms with Crippen molar-refractivity contribution in [3.63, 3.8) is 0 Å². The molecular formula is C23H16ClFN2O3S2. The first-order valence-corrected chi connectivity index (χ1v) is 12.4. The van der Waals surface area contributed by atoms with Crippen LogP contribution in [0.25, 0.3) is 21.7 Å². The summed E-state index contributed by atoms with van der Waals surface area (Å²) in [6, 6.07) is 18.9. The van der Waals surface area contributed by atoms with E-state index >= 15 is 0 Å². The van der Waals surface area contributed by atoms with Crippen LogP contribution in [-0.2, 0) is 9.84 Å². The van der Waals surface area contributed by atoms with Gasteiger partial charge in [0.2, 0.25) is 0 Å². The van der Waals surface area contributed by atoms with Crippen molar-refractivity contribution in [1.82, 2.24) is 4.98 Å². The van der Waals surface area contributed by atoms with Gasteiger partial charge in [-0.3, -0.25) is 4.79 Å². The standard InChI is InChI=1S/C23H16ClFN2O3S2/c1-32(29,30)19-11-7-15(8-12-19)21-20(14-5-9-17(25)10-6-14)27-23(31-21)22(28)26-18-4-2-3-16(24)13-18/h2-13H,1H3,(H,26,28). The van der Waals surface area contributed by atoms with E-state index < -0.39 is 15.7 Å². The van der Waals surface area contributed by atoms with Crippen LogP contribution in [0.1, 0.15) is 9.80 Å². The molecule has 0 saturated heterocycles. The molecule has 1 aromatic heterocycles. The Labute approximate surface area is 193 Å². The predicted molar refractivity (Wildman–Crippen MR) is 125 cm³/mol. The van der Waals surface area contributed by atoms with Crippen molar-refractivity contribution in [2.45, 2.75) is 4.90 Å². The van der Waals surface area contributed by atoms with Gasteiger partial charge in [0, 0.05) is 22.5 Å². The Morgan fingerprint density at radius 3 is 2.28 bits per heavy atom. The molecule has 162 valence electrons. The summed E-state index contributed by atoms with van der Waals surface area (Å²) in [7, 11) is -3.34. The molecule has 9 heteroatoms. The van der Waals surface area contributed by atoms with Crippen molar-refractivity contribution in [3.8, 4) is 21.7 Å². The van der Waals surface area contributed by atoms with Gasteiger partial charge in [0.05, 0.1) is 15.5 Å². The highest BCUT2D eigenvalue weighted by atomic mass is 35.5. The summed E-state index contributed by atoms with van der Waals surface area (Å²) in [5.74, 6) is -0.804. The molecule has 1 amide bonds. The van der Waals surface area contributed by atoms with Gasteiger partial charge in [0.15, 0.2) is 14.8 Å². The van der Waals surface area contributed by atoms with Gasteiger partial charge in [-0.25, -0.2) is 17.8 Å². The zero-order chi connectivity index (χ0) is 22.9. The first-order valence-electron chi connectivity index (χ1n) is 9.35. The third kappa shape index (κ3) is 4.88. The van der Waals surface area contributed by atoms with Crippen LogP contribution in [0.3, 0.4) is 0 Å². The third-order valence-corrected chi connectivity index (χ3v) is 7.03. The molecule has 1 heterocycles. The zero-order valence-corrected chi connectivity index (χ0v) is 19.1. The van der Waals surface area contributed by atoms with Crippen LogP contribution >= 0.6 is 22.9 Å². The molecule has 32 heavy (non-hydrogen) atoms. The molecule has 0 aliphatic heterocycles. The predicted octanol–water partition coefficient (Wildman–Crippen LogP) is 5.93. The van der Waals surface area contributed by atoms with Gasteiger partial charge in [-0.05, 0) is 60.2 Å². The number of hydrogen-bond donors (Lipinski definition) is 1. The molecule has 0 fully saturated rings. The maximum Gasteiger partial charge on any atom is 0.284 e. The second-order valence-corrected chi connectivity index (χ2v) is 10.4. The second-order valence-electron chi connectivity index (χ2n) is 6.96. The Bertz CT molecular complexity index is 1400. The van der Waals surface area contributed by atoms with Gasteiger partial charge >= 0.3 is 0 Å².